The topological polar surface area (TPSA) is 126 Å². The molecule has 0 saturated carbocycles. The zero-order chi connectivity index (χ0) is 20.1. The molecule has 1 unspecified atom stereocenters. The second-order valence-electron chi connectivity index (χ2n) is 7.74. The first kappa shape index (κ1) is 17.9. The first-order valence-corrected chi connectivity index (χ1v) is 9.84. The molecule has 4 heterocycles. The van der Waals surface area contributed by atoms with Crippen LogP contribution in [-0.4, -0.2) is 59.8 Å². The molecule has 1 amide bonds. The minimum atomic E-state index is -0.483. The Morgan fingerprint density at radius 2 is 2.10 bits per heavy atom. The summed E-state index contributed by atoms with van der Waals surface area (Å²) in [6, 6.07) is 2.16. The minimum Gasteiger partial charge on any atom is -0.389 e. The van der Waals surface area contributed by atoms with Crippen molar-refractivity contribution in [2.75, 3.05) is 18.8 Å². The van der Waals surface area contributed by atoms with Crippen LogP contribution in [0.5, 0.6) is 0 Å². The minimum absolute atomic E-state index is 0.105. The summed E-state index contributed by atoms with van der Waals surface area (Å²) in [6.07, 6.45) is 6.86. The van der Waals surface area contributed by atoms with Crippen LogP contribution in [0.3, 0.4) is 0 Å². The lowest BCUT2D eigenvalue weighted by Crippen LogP contribution is -2.37. The number of nitrogen functional groups attached to an aromatic ring is 1. The third-order valence-electron chi connectivity index (χ3n) is 5.87. The second-order valence-corrected chi connectivity index (χ2v) is 7.74. The van der Waals surface area contributed by atoms with E-state index in [4.69, 9.17) is 10.8 Å². The van der Waals surface area contributed by atoms with Crippen molar-refractivity contribution in [3.05, 3.63) is 29.7 Å². The average Bonchev–Trinajstić information content (AvgIpc) is 3.30. The number of rotatable bonds is 2. The van der Waals surface area contributed by atoms with Gasteiger partial charge in [-0.2, -0.15) is 5.10 Å². The van der Waals surface area contributed by atoms with Crippen molar-refractivity contribution in [3.8, 4) is 11.4 Å². The molecule has 1 fully saturated rings. The maximum atomic E-state index is 11.6. The number of aliphatic hydroxyl groups is 1. The van der Waals surface area contributed by atoms with Gasteiger partial charge in [0.15, 0.2) is 5.65 Å². The Labute approximate surface area is 167 Å². The number of anilines is 1. The van der Waals surface area contributed by atoms with E-state index in [2.05, 4.69) is 15.0 Å². The van der Waals surface area contributed by atoms with Crippen molar-refractivity contribution in [3.63, 3.8) is 0 Å². The molecule has 1 saturated heterocycles. The number of nitrogens with one attached hydrogen (secondary N) is 1. The maximum absolute atomic E-state index is 11.6. The Kier molecular flexibility index (Phi) is 4.13. The summed E-state index contributed by atoms with van der Waals surface area (Å²) in [5.41, 5.74) is 10.5. The molecule has 3 aromatic rings. The number of nitrogens with two attached hydrogens (primary N) is 1. The molecule has 0 spiro atoms. The van der Waals surface area contributed by atoms with Crippen LogP contribution >= 0.6 is 0 Å². The number of fused-ring (bicyclic) bond motifs is 2. The predicted molar refractivity (Wildman–Crippen MR) is 109 cm³/mol. The van der Waals surface area contributed by atoms with Crippen LogP contribution in [0.2, 0.25) is 0 Å². The van der Waals surface area contributed by atoms with Gasteiger partial charge in [-0.15, -0.1) is 0 Å². The summed E-state index contributed by atoms with van der Waals surface area (Å²) in [7, 11) is 0. The van der Waals surface area contributed by atoms with E-state index in [1.807, 2.05) is 21.7 Å². The monoisotopic (exact) mass is 393 g/mol. The molecule has 1 aliphatic heterocycles. The number of hydrogen-bond acceptors (Lipinski definition) is 6. The van der Waals surface area contributed by atoms with Gasteiger partial charge in [0, 0.05) is 32.1 Å². The number of aromatic amines is 1. The third kappa shape index (κ3) is 2.98. The zero-order valence-corrected chi connectivity index (χ0v) is 16.2. The van der Waals surface area contributed by atoms with Gasteiger partial charge in [-0.25, -0.2) is 14.6 Å². The van der Waals surface area contributed by atoms with Gasteiger partial charge in [-0.05, 0) is 24.5 Å². The highest BCUT2D eigenvalue weighted by molar-refractivity contribution is 5.98. The number of H-pyrrole nitrogens is 1. The van der Waals surface area contributed by atoms with E-state index in [0.717, 1.165) is 35.2 Å². The average molecular weight is 393 g/mol. The number of aromatic nitrogens is 5. The summed E-state index contributed by atoms with van der Waals surface area (Å²) >= 11 is 0. The molecule has 29 heavy (non-hydrogen) atoms. The molecule has 150 valence electrons. The lowest BCUT2D eigenvalue weighted by Gasteiger charge is -2.31. The van der Waals surface area contributed by atoms with E-state index in [0.29, 0.717) is 36.7 Å². The summed E-state index contributed by atoms with van der Waals surface area (Å²) in [4.78, 5) is 25.5. The quantitative estimate of drug-likeness (QED) is 0.606. The highest BCUT2D eigenvalue weighted by atomic mass is 16.3. The highest BCUT2D eigenvalue weighted by Gasteiger charge is 2.27. The van der Waals surface area contributed by atoms with Gasteiger partial charge >= 0.3 is 0 Å². The zero-order valence-electron chi connectivity index (χ0n) is 16.2. The van der Waals surface area contributed by atoms with Crippen molar-refractivity contribution in [1.82, 2.24) is 29.6 Å². The molecule has 9 heteroatoms. The number of nitrogens with zero attached hydrogens (tertiary/aromatic N) is 5. The fourth-order valence-electron chi connectivity index (χ4n) is 4.31. The van der Waals surface area contributed by atoms with Gasteiger partial charge < -0.3 is 20.7 Å². The molecule has 9 nitrogen and oxygen atoms in total. The molecule has 0 aromatic carbocycles. The van der Waals surface area contributed by atoms with Crippen LogP contribution in [0, 0.1) is 0 Å². The van der Waals surface area contributed by atoms with E-state index in [9.17, 15) is 9.90 Å². The summed E-state index contributed by atoms with van der Waals surface area (Å²) in [5, 5.41) is 15.5. The lowest BCUT2D eigenvalue weighted by atomic mass is 10.0. The van der Waals surface area contributed by atoms with Crippen LogP contribution in [0.25, 0.3) is 28.5 Å². The molecular formula is C20H23N7O2. The SMILES string of the molecule is CC(=O)N1CCC(n2nc(-c3cc4c([nH]3)CC(O)C=C4)c3c(N)ncnc32)CC1. The number of carbonyl (C=O) groups is 1. The smallest absolute Gasteiger partial charge is 0.219 e. The highest BCUT2D eigenvalue weighted by Crippen LogP contribution is 2.35. The first-order valence-electron chi connectivity index (χ1n) is 9.84. The van der Waals surface area contributed by atoms with E-state index in [-0.39, 0.29) is 11.9 Å². The van der Waals surface area contributed by atoms with E-state index >= 15 is 0 Å². The largest absolute Gasteiger partial charge is 0.389 e. The van der Waals surface area contributed by atoms with Gasteiger partial charge in [0.25, 0.3) is 0 Å². The number of carbonyl (C=O) groups excluding carboxylic acids is 1. The molecule has 4 N–H and O–H groups in total. The fourth-order valence-corrected chi connectivity index (χ4v) is 4.31. The summed E-state index contributed by atoms with van der Waals surface area (Å²) in [5.74, 6) is 0.494. The van der Waals surface area contributed by atoms with E-state index in [1.54, 1.807) is 13.0 Å². The number of likely N-dealkylation sites (tertiary alicyclic amines) is 1. The van der Waals surface area contributed by atoms with E-state index in [1.165, 1.54) is 6.33 Å². The van der Waals surface area contributed by atoms with Crippen LogP contribution in [-0.2, 0) is 11.2 Å². The maximum Gasteiger partial charge on any atom is 0.219 e. The van der Waals surface area contributed by atoms with Gasteiger partial charge in [0.1, 0.15) is 17.8 Å². The van der Waals surface area contributed by atoms with E-state index < -0.39 is 6.10 Å². The van der Waals surface area contributed by atoms with Crippen molar-refractivity contribution in [2.24, 2.45) is 0 Å². The Morgan fingerprint density at radius 1 is 1.31 bits per heavy atom. The summed E-state index contributed by atoms with van der Waals surface area (Å²) < 4.78 is 1.94. The number of aliphatic hydroxyl groups excluding tert-OH is 1. The van der Waals surface area contributed by atoms with Crippen molar-refractivity contribution in [1.29, 1.82) is 0 Å². The molecular weight excluding hydrogens is 370 g/mol. The van der Waals surface area contributed by atoms with Crippen LogP contribution in [0.15, 0.2) is 18.5 Å². The third-order valence-corrected chi connectivity index (χ3v) is 5.87. The standard InChI is InChI=1S/C20H23N7O2/c1-11(28)26-6-4-13(5-7-26)27-20-17(19(21)22-10-23-20)18(25-27)16-8-12-2-3-14(29)9-15(12)24-16/h2-3,8,10,13-14,24,29H,4-7,9H2,1H3,(H2,21,22,23). The molecule has 0 radical (unpaired) electrons. The summed E-state index contributed by atoms with van der Waals surface area (Å²) in [6.45, 7) is 3.02. The van der Waals surface area contributed by atoms with Crippen molar-refractivity contribution in [2.45, 2.75) is 38.3 Å². The Morgan fingerprint density at radius 3 is 2.86 bits per heavy atom. The number of amides is 1. The first-order chi connectivity index (χ1) is 14.0. The van der Waals surface area contributed by atoms with Crippen LogP contribution < -0.4 is 5.73 Å². The molecule has 5 rings (SSSR count). The van der Waals surface area contributed by atoms with Crippen molar-refractivity contribution >= 4 is 28.8 Å². The van der Waals surface area contributed by atoms with Crippen LogP contribution in [0.1, 0.15) is 37.1 Å². The van der Waals surface area contributed by atoms with Gasteiger partial charge in [-0.1, -0.05) is 12.2 Å². The van der Waals surface area contributed by atoms with Gasteiger partial charge in [0.2, 0.25) is 5.91 Å². The van der Waals surface area contributed by atoms with Gasteiger partial charge in [0.05, 0.1) is 23.2 Å². The Balaban J connectivity index is 1.57. The Bertz CT molecular complexity index is 1120. The number of hydrogen-bond donors (Lipinski definition) is 3. The van der Waals surface area contributed by atoms with Crippen LogP contribution in [0.4, 0.5) is 5.82 Å². The van der Waals surface area contributed by atoms with Gasteiger partial charge in [-0.3, -0.25) is 4.79 Å². The second kappa shape index (κ2) is 6.70. The fraction of sp³-hybridized carbons (Fsp3) is 0.400. The normalized spacial score (nSPS) is 19.7. The lowest BCUT2D eigenvalue weighted by molar-refractivity contribution is -0.130. The molecule has 1 aliphatic carbocycles. The van der Waals surface area contributed by atoms with Crippen molar-refractivity contribution < 1.29 is 9.90 Å². The molecule has 1 atom stereocenters. The molecule has 3 aromatic heterocycles. The predicted octanol–water partition coefficient (Wildman–Crippen LogP) is 1.52. The number of piperidine rings is 1. The molecule has 2 aliphatic rings. The Hall–Kier alpha value is -3.20. The molecule has 0 bridgehead atoms.